The first-order chi connectivity index (χ1) is 12.1. The lowest BCUT2D eigenvalue weighted by molar-refractivity contribution is 0.0695. The van der Waals surface area contributed by atoms with Gasteiger partial charge < -0.3 is 15.3 Å². The predicted molar refractivity (Wildman–Crippen MR) is 92.9 cm³/mol. The lowest BCUT2D eigenvalue weighted by Gasteiger charge is -2.17. The molecule has 7 nitrogen and oxygen atoms in total. The summed E-state index contributed by atoms with van der Waals surface area (Å²) in [6.45, 7) is 3.75. The molecule has 0 bridgehead atoms. The fourth-order valence-corrected chi connectivity index (χ4v) is 3.12. The number of nitrogens with zero attached hydrogens (tertiary/aromatic N) is 3. The fraction of sp³-hybridized carbons (Fsp3) is 0.333. The van der Waals surface area contributed by atoms with Gasteiger partial charge in [0, 0.05) is 37.9 Å². The van der Waals surface area contributed by atoms with Crippen LogP contribution in [0.2, 0.25) is 0 Å². The molecule has 1 aliphatic heterocycles. The highest BCUT2D eigenvalue weighted by atomic mass is 16.4. The molecule has 0 saturated carbocycles. The van der Waals surface area contributed by atoms with E-state index in [0.717, 1.165) is 12.0 Å². The molecular formula is C18H20N4O3. The number of carbonyl (C=O) groups excluding carboxylic acids is 1. The number of anilines is 1. The third kappa shape index (κ3) is 3.60. The van der Waals surface area contributed by atoms with E-state index < -0.39 is 5.97 Å². The summed E-state index contributed by atoms with van der Waals surface area (Å²) in [5, 5.41) is 12.3. The van der Waals surface area contributed by atoms with Crippen molar-refractivity contribution in [3.63, 3.8) is 0 Å². The number of amides is 1. The number of carboxylic acids is 1. The van der Waals surface area contributed by atoms with E-state index in [9.17, 15) is 14.7 Å². The Hall–Kier alpha value is -2.96. The minimum atomic E-state index is -0.937. The second kappa shape index (κ2) is 7.29. The first-order valence-corrected chi connectivity index (χ1v) is 8.27. The molecule has 2 heterocycles. The highest BCUT2D eigenvalue weighted by Crippen LogP contribution is 2.30. The van der Waals surface area contributed by atoms with Gasteiger partial charge in [0.05, 0.1) is 11.1 Å². The normalized spacial score (nSPS) is 16.7. The van der Waals surface area contributed by atoms with Crippen LogP contribution in [0.4, 0.5) is 5.95 Å². The second-order valence-electron chi connectivity index (χ2n) is 5.95. The van der Waals surface area contributed by atoms with E-state index >= 15 is 0 Å². The molecule has 1 fully saturated rings. The Balaban J connectivity index is 1.72. The van der Waals surface area contributed by atoms with Crippen LogP contribution in [0.25, 0.3) is 0 Å². The highest BCUT2D eigenvalue weighted by Gasteiger charge is 2.30. The summed E-state index contributed by atoms with van der Waals surface area (Å²) in [7, 11) is 0. The molecule has 1 aromatic carbocycles. The van der Waals surface area contributed by atoms with Crippen molar-refractivity contribution in [1.82, 2.24) is 14.9 Å². The Morgan fingerprint density at radius 1 is 1.28 bits per heavy atom. The maximum atomic E-state index is 12.6. The SMILES string of the molecule is CCNc1ncc(C(=O)N2CCC(c3ccccc3C(=O)O)C2)cn1. The van der Waals surface area contributed by atoms with Gasteiger partial charge in [-0.3, -0.25) is 4.79 Å². The van der Waals surface area contributed by atoms with Crippen LogP contribution in [0.1, 0.15) is 45.5 Å². The maximum Gasteiger partial charge on any atom is 0.335 e. The molecule has 2 N–H and O–H groups in total. The van der Waals surface area contributed by atoms with Gasteiger partial charge in [-0.25, -0.2) is 14.8 Å². The zero-order valence-corrected chi connectivity index (χ0v) is 14.0. The Kier molecular flexibility index (Phi) is 4.92. The summed E-state index contributed by atoms with van der Waals surface area (Å²) >= 11 is 0. The van der Waals surface area contributed by atoms with Gasteiger partial charge in [0.2, 0.25) is 5.95 Å². The molecule has 1 amide bonds. The third-order valence-corrected chi connectivity index (χ3v) is 4.34. The molecule has 1 saturated heterocycles. The number of hydrogen-bond donors (Lipinski definition) is 2. The summed E-state index contributed by atoms with van der Waals surface area (Å²) in [4.78, 5) is 34.0. The molecule has 7 heteroatoms. The van der Waals surface area contributed by atoms with Crippen LogP contribution < -0.4 is 5.32 Å². The molecule has 1 unspecified atom stereocenters. The summed E-state index contributed by atoms with van der Waals surface area (Å²) < 4.78 is 0. The van der Waals surface area contributed by atoms with E-state index in [1.54, 1.807) is 17.0 Å². The Bertz CT molecular complexity index is 776. The van der Waals surface area contributed by atoms with E-state index in [2.05, 4.69) is 15.3 Å². The second-order valence-corrected chi connectivity index (χ2v) is 5.95. The lowest BCUT2D eigenvalue weighted by atomic mass is 9.93. The first kappa shape index (κ1) is 16.9. The molecular weight excluding hydrogens is 320 g/mol. The van der Waals surface area contributed by atoms with E-state index in [-0.39, 0.29) is 11.8 Å². The van der Waals surface area contributed by atoms with Crippen LogP contribution in [0, 0.1) is 0 Å². The van der Waals surface area contributed by atoms with Gasteiger partial charge in [0.25, 0.3) is 5.91 Å². The molecule has 3 rings (SSSR count). The number of rotatable bonds is 5. The van der Waals surface area contributed by atoms with Crippen LogP contribution in [-0.2, 0) is 0 Å². The molecule has 25 heavy (non-hydrogen) atoms. The lowest BCUT2D eigenvalue weighted by Crippen LogP contribution is -2.29. The Labute approximate surface area is 145 Å². The standard InChI is InChI=1S/C18H20N4O3/c1-2-19-18-20-9-13(10-21-18)16(23)22-8-7-12(11-22)14-5-3-4-6-15(14)17(24)25/h3-6,9-10,12H,2,7-8,11H2,1H3,(H,24,25)(H,19,20,21). The van der Waals surface area contributed by atoms with E-state index in [1.165, 1.54) is 12.4 Å². The molecule has 0 radical (unpaired) electrons. The topological polar surface area (TPSA) is 95.4 Å². The summed E-state index contributed by atoms with van der Waals surface area (Å²) in [5.74, 6) is -0.543. The minimum absolute atomic E-state index is 0.0261. The summed E-state index contributed by atoms with van der Waals surface area (Å²) in [6, 6.07) is 6.99. The average Bonchev–Trinajstić information content (AvgIpc) is 3.12. The monoisotopic (exact) mass is 340 g/mol. The number of likely N-dealkylation sites (tertiary alicyclic amines) is 1. The molecule has 0 aliphatic carbocycles. The van der Waals surface area contributed by atoms with Crippen LogP contribution >= 0.6 is 0 Å². The number of benzene rings is 1. The van der Waals surface area contributed by atoms with Gasteiger partial charge in [-0.1, -0.05) is 18.2 Å². The van der Waals surface area contributed by atoms with Crippen molar-refractivity contribution in [2.75, 3.05) is 25.0 Å². The fourth-order valence-electron chi connectivity index (χ4n) is 3.12. The molecule has 0 spiro atoms. The largest absolute Gasteiger partial charge is 0.478 e. The van der Waals surface area contributed by atoms with Gasteiger partial charge in [-0.2, -0.15) is 0 Å². The number of aromatic nitrogens is 2. The van der Waals surface area contributed by atoms with Crippen molar-refractivity contribution in [2.45, 2.75) is 19.3 Å². The van der Waals surface area contributed by atoms with Gasteiger partial charge in [0.1, 0.15) is 0 Å². The zero-order valence-electron chi connectivity index (χ0n) is 14.0. The van der Waals surface area contributed by atoms with Gasteiger partial charge in [0.15, 0.2) is 0 Å². The van der Waals surface area contributed by atoms with Crippen LogP contribution in [0.15, 0.2) is 36.7 Å². The molecule has 1 atom stereocenters. The summed E-state index contributed by atoms with van der Waals surface area (Å²) in [5.41, 5.74) is 1.53. The first-order valence-electron chi connectivity index (χ1n) is 8.27. The van der Waals surface area contributed by atoms with Crippen LogP contribution in [0.3, 0.4) is 0 Å². The van der Waals surface area contributed by atoms with Crippen LogP contribution in [0.5, 0.6) is 0 Å². The Morgan fingerprint density at radius 2 is 2.00 bits per heavy atom. The number of carboxylic acid groups (broad SMARTS) is 1. The number of hydrogen-bond acceptors (Lipinski definition) is 5. The Morgan fingerprint density at radius 3 is 2.68 bits per heavy atom. The van der Waals surface area contributed by atoms with Crippen molar-refractivity contribution in [2.24, 2.45) is 0 Å². The average molecular weight is 340 g/mol. The van der Waals surface area contributed by atoms with Crippen LogP contribution in [-0.4, -0.2) is 51.5 Å². The predicted octanol–water partition coefficient (Wildman–Crippen LogP) is 2.24. The maximum absolute atomic E-state index is 12.6. The highest BCUT2D eigenvalue weighted by molar-refractivity contribution is 5.94. The van der Waals surface area contributed by atoms with E-state index in [1.807, 2.05) is 19.1 Å². The van der Waals surface area contributed by atoms with Crippen molar-refractivity contribution < 1.29 is 14.7 Å². The van der Waals surface area contributed by atoms with Crippen molar-refractivity contribution in [3.05, 3.63) is 53.3 Å². The zero-order chi connectivity index (χ0) is 17.8. The number of nitrogens with one attached hydrogen (secondary N) is 1. The van der Waals surface area contributed by atoms with Crippen molar-refractivity contribution >= 4 is 17.8 Å². The van der Waals surface area contributed by atoms with Gasteiger partial charge >= 0.3 is 5.97 Å². The van der Waals surface area contributed by atoms with Gasteiger partial charge in [-0.05, 0) is 25.0 Å². The molecule has 1 aromatic heterocycles. The van der Waals surface area contributed by atoms with E-state index in [4.69, 9.17) is 0 Å². The molecule has 130 valence electrons. The number of carbonyl (C=O) groups is 2. The minimum Gasteiger partial charge on any atom is -0.478 e. The van der Waals surface area contributed by atoms with E-state index in [0.29, 0.717) is 36.7 Å². The quantitative estimate of drug-likeness (QED) is 0.867. The number of aromatic carboxylic acids is 1. The summed E-state index contributed by atoms with van der Waals surface area (Å²) in [6.07, 6.45) is 3.78. The van der Waals surface area contributed by atoms with Crippen molar-refractivity contribution in [1.29, 1.82) is 0 Å². The molecule has 1 aliphatic rings. The molecule has 2 aromatic rings. The third-order valence-electron chi connectivity index (χ3n) is 4.34. The van der Waals surface area contributed by atoms with Crippen molar-refractivity contribution in [3.8, 4) is 0 Å². The van der Waals surface area contributed by atoms with Gasteiger partial charge in [-0.15, -0.1) is 0 Å². The smallest absolute Gasteiger partial charge is 0.335 e.